The molecular weight excluding hydrogens is 448 g/mol. The van der Waals surface area contributed by atoms with Gasteiger partial charge in [0.25, 0.3) is 5.91 Å². The highest BCUT2D eigenvalue weighted by Crippen LogP contribution is 2.30. The van der Waals surface area contributed by atoms with Crippen LogP contribution in [-0.4, -0.2) is 43.9 Å². The molecule has 0 bridgehead atoms. The summed E-state index contributed by atoms with van der Waals surface area (Å²) < 4.78 is 16.9. The van der Waals surface area contributed by atoms with Gasteiger partial charge in [0, 0.05) is 17.6 Å². The number of ether oxygens (including phenoxy) is 3. The monoisotopic (exact) mass is 474 g/mol. The van der Waals surface area contributed by atoms with Gasteiger partial charge in [-0.25, -0.2) is 4.98 Å². The van der Waals surface area contributed by atoms with Crippen molar-refractivity contribution in [3.8, 4) is 22.8 Å². The summed E-state index contributed by atoms with van der Waals surface area (Å²) in [7, 11) is 1.64. The molecule has 6 nitrogen and oxygen atoms in total. The fourth-order valence-electron chi connectivity index (χ4n) is 4.04. The first-order valence-corrected chi connectivity index (χ1v) is 12.2. The van der Waals surface area contributed by atoms with Gasteiger partial charge in [0.2, 0.25) is 0 Å². The summed E-state index contributed by atoms with van der Waals surface area (Å²) in [6, 6.07) is 21.7. The zero-order valence-corrected chi connectivity index (χ0v) is 19.8. The number of nitrogens with zero attached hydrogens (tertiary/aromatic N) is 2. The largest absolute Gasteiger partial charge is 0.497 e. The maximum Gasteiger partial charge on any atom is 0.266 e. The lowest BCUT2D eigenvalue weighted by Gasteiger charge is -2.23. The van der Waals surface area contributed by atoms with Crippen LogP contribution >= 0.6 is 11.3 Å². The summed E-state index contributed by atoms with van der Waals surface area (Å²) in [5.74, 6) is 1.32. The predicted octanol–water partition coefficient (Wildman–Crippen LogP) is 5.56. The second-order valence-corrected chi connectivity index (χ2v) is 9.02. The second-order valence-electron chi connectivity index (χ2n) is 8.18. The Labute approximate surface area is 202 Å². The third-order valence-corrected chi connectivity index (χ3v) is 6.77. The lowest BCUT2D eigenvalue weighted by atomic mass is 10.1. The van der Waals surface area contributed by atoms with Crippen molar-refractivity contribution in [1.29, 1.82) is 0 Å². The van der Waals surface area contributed by atoms with Gasteiger partial charge >= 0.3 is 0 Å². The molecule has 1 aliphatic heterocycles. The number of methoxy groups -OCH3 is 1. The minimum Gasteiger partial charge on any atom is -0.497 e. The van der Waals surface area contributed by atoms with Gasteiger partial charge < -0.3 is 14.2 Å². The highest BCUT2D eigenvalue weighted by atomic mass is 32.1. The van der Waals surface area contributed by atoms with Gasteiger partial charge in [0.1, 0.15) is 11.5 Å². The normalized spacial score (nSPS) is 15.4. The van der Waals surface area contributed by atoms with Crippen LogP contribution in [-0.2, 0) is 9.53 Å². The van der Waals surface area contributed by atoms with Crippen molar-refractivity contribution in [2.24, 2.45) is 0 Å². The maximum atomic E-state index is 13.3. The van der Waals surface area contributed by atoms with Crippen LogP contribution < -0.4 is 14.4 Å². The van der Waals surface area contributed by atoms with E-state index in [1.807, 2.05) is 66.0 Å². The Hall–Kier alpha value is -3.42. The van der Waals surface area contributed by atoms with Crippen molar-refractivity contribution in [3.05, 3.63) is 72.1 Å². The number of thiazole rings is 1. The van der Waals surface area contributed by atoms with Crippen LogP contribution in [0.4, 0.5) is 5.13 Å². The Morgan fingerprint density at radius 3 is 2.65 bits per heavy atom. The number of hydrogen-bond donors (Lipinski definition) is 0. The molecule has 34 heavy (non-hydrogen) atoms. The molecule has 0 saturated carbocycles. The molecule has 1 aromatic heterocycles. The molecule has 1 aliphatic rings. The van der Waals surface area contributed by atoms with E-state index in [9.17, 15) is 4.79 Å². The summed E-state index contributed by atoms with van der Waals surface area (Å²) in [6.07, 6.45) is 1.96. The molecule has 0 radical (unpaired) electrons. The van der Waals surface area contributed by atoms with Gasteiger partial charge in [-0.05, 0) is 60.0 Å². The van der Waals surface area contributed by atoms with Crippen molar-refractivity contribution in [2.45, 2.75) is 18.9 Å². The lowest BCUT2D eigenvalue weighted by molar-refractivity contribution is -0.120. The molecule has 0 spiro atoms. The third-order valence-electron chi connectivity index (χ3n) is 5.90. The maximum absolute atomic E-state index is 13.3. The summed E-state index contributed by atoms with van der Waals surface area (Å²) >= 11 is 1.45. The topological polar surface area (TPSA) is 60.9 Å². The number of fused-ring (bicyclic) bond motifs is 1. The van der Waals surface area contributed by atoms with E-state index in [1.54, 1.807) is 12.0 Å². The molecule has 4 aromatic rings. The van der Waals surface area contributed by atoms with Crippen LogP contribution in [0.15, 0.2) is 72.1 Å². The Kier molecular flexibility index (Phi) is 6.74. The van der Waals surface area contributed by atoms with Gasteiger partial charge in [0.15, 0.2) is 11.7 Å². The van der Waals surface area contributed by atoms with Crippen LogP contribution in [0.25, 0.3) is 22.0 Å². The average molecular weight is 475 g/mol. The van der Waals surface area contributed by atoms with Gasteiger partial charge in [-0.3, -0.25) is 9.69 Å². The van der Waals surface area contributed by atoms with E-state index in [1.165, 1.54) is 11.3 Å². The zero-order chi connectivity index (χ0) is 23.3. The predicted molar refractivity (Wildman–Crippen MR) is 135 cm³/mol. The Morgan fingerprint density at radius 1 is 1.09 bits per heavy atom. The van der Waals surface area contributed by atoms with E-state index in [0.29, 0.717) is 17.4 Å². The molecule has 5 rings (SSSR count). The Morgan fingerprint density at radius 2 is 1.88 bits per heavy atom. The van der Waals surface area contributed by atoms with Gasteiger partial charge in [-0.2, -0.15) is 0 Å². The van der Waals surface area contributed by atoms with E-state index in [0.717, 1.165) is 47.2 Å². The van der Waals surface area contributed by atoms with Crippen molar-refractivity contribution in [2.75, 3.05) is 31.8 Å². The van der Waals surface area contributed by atoms with Crippen molar-refractivity contribution >= 4 is 33.1 Å². The average Bonchev–Trinajstić information content (AvgIpc) is 3.58. The molecule has 1 atom stereocenters. The van der Waals surface area contributed by atoms with Crippen LogP contribution in [0.2, 0.25) is 0 Å². The number of aromatic nitrogens is 1. The first-order chi connectivity index (χ1) is 16.7. The van der Waals surface area contributed by atoms with E-state index < -0.39 is 0 Å². The van der Waals surface area contributed by atoms with E-state index in [-0.39, 0.29) is 18.6 Å². The number of amides is 1. The molecule has 3 aromatic carbocycles. The molecule has 7 heteroatoms. The zero-order valence-electron chi connectivity index (χ0n) is 19.0. The SMILES string of the molecule is COc1ccc(-c2csc(N(CC3CCCO3)C(=O)COc3ccc4ccccc4c3)n2)cc1. The number of hydrogen-bond acceptors (Lipinski definition) is 6. The molecular formula is C27H26N2O4S. The van der Waals surface area contributed by atoms with E-state index in [4.69, 9.17) is 19.2 Å². The van der Waals surface area contributed by atoms with Crippen LogP contribution in [0.5, 0.6) is 11.5 Å². The molecule has 1 saturated heterocycles. The first-order valence-electron chi connectivity index (χ1n) is 11.3. The fraction of sp³-hybridized carbons (Fsp3) is 0.259. The Balaban J connectivity index is 1.33. The van der Waals surface area contributed by atoms with Gasteiger partial charge in [0.05, 0.1) is 25.5 Å². The van der Waals surface area contributed by atoms with Crippen molar-refractivity contribution < 1.29 is 19.0 Å². The van der Waals surface area contributed by atoms with Gasteiger partial charge in [-0.1, -0.05) is 30.3 Å². The smallest absolute Gasteiger partial charge is 0.266 e. The second kappa shape index (κ2) is 10.2. The summed E-state index contributed by atoms with van der Waals surface area (Å²) in [6.45, 7) is 1.13. The van der Waals surface area contributed by atoms with Crippen LogP contribution in [0.3, 0.4) is 0 Å². The summed E-state index contributed by atoms with van der Waals surface area (Å²) in [4.78, 5) is 19.8. The molecule has 174 valence electrons. The molecule has 1 fully saturated rings. The minimum absolute atomic E-state index is 0.0120. The summed E-state index contributed by atoms with van der Waals surface area (Å²) in [5.41, 5.74) is 1.79. The van der Waals surface area contributed by atoms with Crippen molar-refractivity contribution in [1.82, 2.24) is 4.98 Å². The summed E-state index contributed by atoms with van der Waals surface area (Å²) in [5, 5.41) is 4.83. The van der Waals surface area contributed by atoms with Gasteiger partial charge in [-0.15, -0.1) is 11.3 Å². The van der Waals surface area contributed by atoms with Crippen LogP contribution in [0.1, 0.15) is 12.8 Å². The standard InChI is InChI=1S/C27H26N2O4S/c1-31-22-11-9-20(10-12-22)25-18-34-27(28-25)29(16-24-7-4-14-32-24)26(30)17-33-23-13-8-19-5-2-3-6-21(19)15-23/h2-3,5-6,8-13,15,18,24H,4,7,14,16-17H2,1H3. The first kappa shape index (κ1) is 22.4. The molecule has 1 amide bonds. The highest BCUT2D eigenvalue weighted by molar-refractivity contribution is 7.14. The molecule has 2 heterocycles. The number of carbonyl (C=O) groups is 1. The molecule has 0 N–H and O–H groups in total. The number of rotatable bonds is 8. The number of carbonyl (C=O) groups excluding carboxylic acids is 1. The van der Waals surface area contributed by atoms with E-state index >= 15 is 0 Å². The Bertz CT molecular complexity index is 1270. The molecule has 1 unspecified atom stereocenters. The minimum atomic E-state index is -0.140. The number of anilines is 1. The van der Waals surface area contributed by atoms with Crippen LogP contribution in [0, 0.1) is 0 Å². The quantitative estimate of drug-likeness (QED) is 0.334. The number of benzene rings is 3. The fourth-order valence-corrected chi connectivity index (χ4v) is 4.90. The third kappa shape index (κ3) is 5.05. The lowest BCUT2D eigenvalue weighted by Crippen LogP contribution is -2.40. The highest BCUT2D eigenvalue weighted by Gasteiger charge is 2.26. The molecule has 0 aliphatic carbocycles. The van der Waals surface area contributed by atoms with E-state index in [2.05, 4.69) is 6.07 Å². The van der Waals surface area contributed by atoms with Crippen molar-refractivity contribution in [3.63, 3.8) is 0 Å².